The van der Waals surface area contributed by atoms with Crippen LogP contribution in [0.3, 0.4) is 0 Å². The lowest BCUT2D eigenvalue weighted by atomic mass is 10.1. The Balaban J connectivity index is 2.05. The number of non-ortho nitro benzene ring substituents is 1. The summed E-state index contributed by atoms with van der Waals surface area (Å²) >= 11 is 0. The average Bonchev–Trinajstić information content (AvgIpc) is 2.75. The maximum Gasteiger partial charge on any atom is 0.273 e. The zero-order chi connectivity index (χ0) is 14.7. The molecule has 0 fully saturated rings. The smallest absolute Gasteiger partial charge is 0.273 e. The molecule has 0 amide bonds. The number of benzene rings is 1. The Morgan fingerprint density at radius 2 is 2.10 bits per heavy atom. The molecule has 0 aliphatic carbocycles. The van der Waals surface area contributed by atoms with E-state index >= 15 is 0 Å². The summed E-state index contributed by atoms with van der Waals surface area (Å²) in [6.07, 6.45) is 0. The summed E-state index contributed by atoms with van der Waals surface area (Å²) in [7, 11) is 0. The fourth-order valence-corrected chi connectivity index (χ4v) is 1.93. The molecule has 2 aromatic rings. The van der Waals surface area contributed by atoms with Gasteiger partial charge < -0.3 is 9.72 Å². The van der Waals surface area contributed by atoms with Crippen LogP contribution in [-0.4, -0.2) is 22.3 Å². The summed E-state index contributed by atoms with van der Waals surface area (Å²) < 4.78 is 5.31. The van der Waals surface area contributed by atoms with Crippen molar-refractivity contribution < 1.29 is 14.5 Å². The van der Waals surface area contributed by atoms with Crippen molar-refractivity contribution in [3.8, 4) is 5.75 Å². The van der Waals surface area contributed by atoms with Crippen LogP contribution in [0.5, 0.6) is 5.75 Å². The molecule has 0 bridgehead atoms. The number of ether oxygens (including phenoxy) is 1. The lowest BCUT2D eigenvalue weighted by Crippen LogP contribution is -2.12. The van der Waals surface area contributed by atoms with Gasteiger partial charge in [0.15, 0.2) is 6.61 Å². The average molecular weight is 274 g/mol. The van der Waals surface area contributed by atoms with E-state index < -0.39 is 4.92 Å². The van der Waals surface area contributed by atoms with E-state index in [1.54, 1.807) is 12.1 Å². The van der Waals surface area contributed by atoms with Crippen molar-refractivity contribution in [3.63, 3.8) is 0 Å². The Bertz CT molecular complexity index is 661. The van der Waals surface area contributed by atoms with E-state index in [1.807, 2.05) is 13.8 Å². The SMILES string of the molecule is Cc1cc(C(=O)COc2cccc([N+](=O)[O-])c2)c(C)[nH]1. The van der Waals surface area contributed by atoms with E-state index in [1.165, 1.54) is 18.2 Å². The maximum atomic E-state index is 12.0. The molecule has 0 radical (unpaired) electrons. The van der Waals surface area contributed by atoms with Crippen molar-refractivity contribution in [1.29, 1.82) is 0 Å². The normalized spacial score (nSPS) is 10.3. The highest BCUT2D eigenvalue weighted by Crippen LogP contribution is 2.19. The minimum absolute atomic E-state index is 0.0661. The molecular weight excluding hydrogens is 260 g/mol. The largest absolute Gasteiger partial charge is 0.485 e. The number of aromatic amines is 1. The van der Waals surface area contributed by atoms with Gasteiger partial charge in [0.2, 0.25) is 5.78 Å². The van der Waals surface area contributed by atoms with Gasteiger partial charge in [-0.2, -0.15) is 0 Å². The molecule has 0 saturated heterocycles. The Kier molecular flexibility index (Phi) is 3.84. The molecule has 104 valence electrons. The molecule has 0 spiro atoms. The number of carbonyl (C=O) groups is 1. The highest BCUT2D eigenvalue weighted by atomic mass is 16.6. The van der Waals surface area contributed by atoms with Gasteiger partial charge in [-0.25, -0.2) is 0 Å². The number of nitro benzene ring substituents is 1. The van der Waals surface area contributed by atoms with Gasteiger partial charge in [0, 0.05) is 23.0 Å². The Hall–Kier alpha value is -2.63. The highest BCUT2D eigenvalue weighted by Gasteiger charge is 2.13. The Labute approximate surface area is 115 Å². The summed E-state index contributed by atoms with van der Waals surface area (Å²) in [5.41, 5.74) is 2.20. The van der Waals surface area contributed by atoms with Crippen LogP contribution in [-0.2, 0) is 0 Å². The van der Waals surface area contributed by atoms with Gasteiger partial charge in [-0.15, -0.1) is 0 Å². The van der Waals surface area contributed by atoms with Crippen LogP contribution >= 0.6 is 0 Å². The Morgan fingerprint density at radius 1 is 1.35 bits per heavy atom. The lowest BCUT2D eigenvalue weighted by Gasteiger charge is -2.05. The number of carbonyl (C=O) groups excluding carboxylic acids is 1. The molecule has 1 heterocycles. The third-order valence-corrected chi connectivity index (χ3v) is 2.85. The number of nitro groups is 1. The number of nitrogens with zero attached hydrogens (tertiary/aromatic N) is 1. The van der Waals surface area contributed by atoms with Crippen molar-refractivity contribution in [2.24, 2.45) is 0 Å². The molecule has 0 saturated carbocycles. The molecule has 1 N–H and O–H groups in total. The predicted molar refractivity (Wildman–Crippen MR) is 73.2 cm³/mol. The molecule has 1 aromatic heterocycles. The topological polar surface area (TPSA) is 85.2 Å². The van der Waals surface area contributed by atoms with E-state index in [0.29, 0.717) is 11.3 Å². The molecule has 1 aromatic carbocycles. The zero-order valence-corrected chi connectivity index (χ0v) is 11.2. The quantitative estimate of drug-likeness (QED) is 0.516. The van der Waals surface area contributed by atoms with Crippen LogP contribution < -0.4 is 4.74 Å². The van der Waals surface area contributed by atoms with Gasteiger partial charge in [0.05, 0.1) is 11.0 Å². The van der Waals surface area contributed by atoms with E-state index in [2.05, 4.69) is 4.98 Å². The van der Waals surface area contributed by atoms with Crippen molar-refractivity contribution in [3.05, 3.63) is 57.4 Å². The molecule has 2 rings (SSSR count). The fraction of sp³-hybridized carbons (Fsp3) is 0.214. The molecule has 6 heteroatoms. The van der Waals surface area contributed by atoms with Crippen molar-refractivity contribution in [1.82, 2.24) is 4.98 Å². The van der Waals surface area contributed by atoms with Crippen molar-refractivity contribution in [2.75, 3.05) is 6.61 Å². The van der Waals surface area contributed by atoms with Crippen molar-refractivity contribution in [2.45, 2.75) is 13.8 Å². The van der Waals surface area contributed by atoms with E-state index in [4.69, 9.17) is 4.74 Å². The molecule has 0 aliphatic heterocycles. The number of hydrogen-bond acceptors (Lipinski definition) is 4. The van der Waals surface area contributed by atoms with Gasteiger partial charge in [0.25, 0.3) is 5.69 Å². The second-order valence-corrected chi connectivity index (χ2v) is 4.46. The maximum absolute atomic E-state index is 12.0. The molecule has 6 nitrogen and oxygen atoms in total. The number of ketones is 1. The molecule has 0 unspecified atom stereocenters. The number of Topliss-reactive ketones (excluding diaryl/α,β-unsaturated/α-hetero) is 1. The molecule has 20 heavy (non-hydrogen) atoms. The third-order valence-electron chi connectivity index (χ3n) is 2.85. The first kappa shape index (κ1) is 13.8. The third kappa shape index (κ3) is 3.03. The summed E-state index contributed by atoms with van der Waals surface area (Å²) in [6, 6.07) is 7.52. The number of aryl methyl sites for hydroxylation is 2. The van der Waals surface area contributed by atoms with Crippen molar-refractivity contribution >= 4 is 11.5 Å². The monoisotopic (exact) mass is 274 g/mol. The molecule has 0 aliphatic rings. The minimum atomic E-state index is -0.506. The van der Waals surface area contributed by atoms with Crippen LogP contribution in [0.1, 0.15) is 21.7 Å². The molecular formula is C14H14N2O4. The number of rotatable bonds is 5. The number of nitrogens with one attached hydrogen (secondary N) is 1. The first-order valence-electron chi connectivity index (χ1n) is 6.04. The van der Waals surface area contributed by atoms with E-state index in [-0.39, 0.29) is 18.1 Å². The van der Waals surface area contributed by atoms with E-state index in [9.17, 15) is 14.9 Å². The summed E-state index contributed by atoms with van der Waals surface area (Å²) in [5.74, 6) is 0.135. The second kappa shape index (κ2) is 5.56. The predicted octanol–water partition coefficient (Wildman–Crippen LogP) is 2.80. The summed E-state index contributed by atoms with van der Waals surface area (Å²) in [6.45, 7) is 3.53. The van der Waals surface area contributed by atoms with Gasteiger partial charge >= 0.3 is 0 Å². The summed E-state index contributed by atoms with van der Waals surface area (Å²) in [4.78, 5) is 25.2. The van der Waals surface area contributed by atoms with Gasteiger partial charge in [-0.1, -0.05) is 6.07 Å². The van der Waals surface area contributed by atoms with Crippen LogP contribution in [0, 0.1) is 24.0 Å². The summed E-state index contributed by atoms with van der Waals surface area (Å²) in [5, 5.41) is 10.6. The first-order valence-corrected chi connectivity index (χ1v) is 6.04. The van der Waals surface area contributed by atoms with Crippen LogP contribution in [0.25, 0.3) is 0 Å². The second-order valence-electron chi connectivity index (χ2n) is 4.46. The lowest BCUT2D eigenvalue weighted by molar-refractivity contribution is -0.384. The van der Waals surface area contributed by atoms with Gasteiger partial charge in [-0.3, -0.25) is 14.9 Å². The Morgan fingerprint density at radius 3 is 2.70 bits per heavy atom. The van der Waals surface area contributed by atoms with E-state index in [0.717, 1.165) is 11.4 Å². The van der Waals surface area contributed by atoms with Gasteiger partial charge in [-0.05, 0) is 26.0 Å². The molecule has 0 atom stereocenters. The van der Waals surface area contributed by atoms with Crippen LogP contribution in [0.2, 0.25) is 0 Å². The zero-order valence-electron chi connectivity index (χ0n) is 11.2. The minimum Gasteiger partial charge on any atom is -0.485 e. The van der Waals surface area contributed by atoms with Gasteiger partial charge in [0.1, 0.15) is 5.75 Å². The first-order chi connectivity index (χ1) is 9.47. The number of H-pyrrole nitrogens is 1. The standard InChI is InChI=1S/C14H14N2O4/c1-9-6-13(10(2)15-9)14(17)8-20-12-5-3-4-11(7-12)16(18)19/h3-7,15H,8H2,1-2H3. The number of hydrogen-bond donors (Lipinski definition) is 1. The van der Waals surface area contributed by atoms with Crippen LogP contribution in [0.15, 0.2) is 30.3 Å². The highest BCUT2D eigenvalue weighted by molar-refractivity contribution is 5.98. The van der Waals surface area contributed by atoms with Crippen LogP contribution in [0.4, 0.5) is 5.69 Å². The number of aromatic nitrogens is 1. The fourth-order valence-electron chi connectivity index (χ4n) is 1.93.